The van der Waals surface area contributed by atoms with E-state index in [1.165, 1.54) is 16.6 Å². The number of anilines is 1. The number of carboxylic acids is 1. The van der Waals surface area contributed by atoms with Crippen LogP contribution < -0.4 is 10.1 Å². The Morgan fingerprint density at radius 1 is 0.965 bits per heavy atom. The molecule has 3 aromatic heterocycles. The smallest absolute Gasteiger partial charge is 0.452 e. The van der Waals surface area contributed by atoms with Gasteiger partial charge >= 0.3 is 12.1 Å². The molecule has 0 bridgehead atoms. The minimum atomic E-state index is -4.75. The summed E-state index contributed by atoms with van der Waals surface area (Å²) in [5, 5.41) is 21.1. The van der Waals surface area contributed by atoms with Crippen molar-refractivity contribution in [2.24, 2.45) is 5.41 Å². The van der Waals surface area contributed by atoms with Gasteiger partial charge in [-0.25, -0.2) is 8.42 Å². The van der Waals surface area contributed by atoms with Crippen molar-refractivity contribution in [2.45, 2.75) is 77.5 Å². The normalized spacial score (nSPS) is 18.6. The van der Waals surface area contributed by atoms with Crippen molar-refractivity contribution in [3.05, 3.63) is 75.7 Å². The van der Waals surface area contributed by atoms with Crippen molar-refractivity contribution in [1.29, 1.82) is 0 Å². The monoisotopic (exact) mass is 817 g/mol. The zero-order valence-corrected chi connectivity index (χ0v) is 33.8. The van der Waals surface area contributed by atoms with E-state index < -0.39 is 39.3 Å². The molecule has 0 aliphatic carbocycles. The summed E-state index contributed by atoms with van der Waals surface area (Å²) in [6.07, 6.45) is -3.16. The molecule has 4 aromatic rings. The summed E-state index contributed by atoms with van der Waals surface area (Å²) in [6, 6.07) is 8.38. The molecule has 18 heteroatoms. The molecule has 14 nitrogen and oxygen atoms in total. The fraction of sp³-hybridized carbons (Fsp3) is 0.538. The van der Waals surface area contributed by atoms with E-state index in [4.69, 9.17) is 19.2 Å². The molecule has 0 amide bonds. The van der Waals surface area contributed by atoms with Crippen molar-refractivity contribution in [3.8, 4) is 5.88 Å². The van der Waals surface area contributed by atoms with Gasteiger partial charge in [-0.1, -0.05) is 18.2 Å². The standard InChI is InChI=1S/C39H50F3N7O7S/c1-24-8-9-28(32(38(5,6)37(50)51)30-10-12-49-34(27(30)4)45-46-36(49)39(40,41)42)21-29(24)23-48-11-7-15-54-18-19-56-35-31(57(48,52)53)20-25(2)33(44-35)43-26(3)22-47-13-16-55-17-14-47/h8-10,12,20-21,26,32H,7,11,13-19,22-23H2,1-6H3,(H,43,44)(H,50,51)/t26-,32-/m1/s1. The van der Waals surface area contributed by atoms with Gasteiger partial charge in [0.25, 0.3) is 0 Å². The maximum absolute atomic E-state index is 14.7. The van der Waals surface area contributed by atoms with E-state index in [2.05, 4.69) is 20.4 Å². The van der Waals surface area contributed by atoms with Gasteiger partial charge in [-0.05, 0) is 93.5 Å². The molecule has 2 aliphatic rings. The van der Waals surface area contributed by atoms with Gasteiger partial charge in [0.2, 0.25) is 21.7 Å². The topological polar surface area (TPSA) is 161 Å². The van der Waals surface area contributed by atoms with Crippen LogP contribution in [0.1, 0.15) is 72.3 Å². The second-order valence-corrected chi connectivity index (χ2v) is 17.2. The number of benzene rings is 1. The quantitative estimate of drug-likeness (QED) is 0.209. The van der Waals surface area contributed by atoms with Crippen LogP contribution in [0.25, 0.3) is 5.65 Å². The molecule has 0 radical (unpaired) electrons. The Balaban J connectivity index is 1.37. The first kappa shape index (κ1) is 42.3. The van der Waals surface area contributed by atoms with Crippen LogP contribution in [0.15, 0.2) is 41.4 Å². The Bertz CT molecular complexity index is 2210. The molecule has 2 aliphatic heterocycles. The summed E-state index contributed by atoms with van der Waals surface area (Å²) in [4.78, 5) is 19.8. The Labute approximate surface area is 330 Å². The van der Waals surface area contributed by atoms with Crippen molar-refractivity contribution in [2.75, 3.05) is 64.5 Å². The Morgan fingerprint density at radius 2 is 1.68 bits per heavy atom. The Kier molecular flexibility index (Phi) is 12.5. The zero-order chi connectivity index (χ0) is 41.3. The number of ether oxygens (including phenoxy) is 3. The van der Waals surface area contributed by atoms with Gasteiger partial charge in [0, 0.05) is 57.5 Å². The summed E-state index contributed by atoms with van der Waals surface area (Å²) in [5.41, 5.74) is 1.79. The number of alkyl halides is 3. The molecule has 0 unspecified atom stereocenters. The van der Waals surface area contributed by atoms with Crippen LogP contribution in [0.3, 0.4) is 0 Å². The molecular formula is C39H50F3N7O7S. The van der Waals surface area contributed by atoms with E-state index in [-0.39, 0.29) is 48.8 Å². The molecule has 2 N–H and O–H groups in total. The molecule has 0 spiro atoms. The number of fused-ring (bicyclic) bond motifs is 2. The highest BCUT2D eigenvalue weighted by Gasteiger charge is 2.42. The lowest BCUT2D eigenvalue weighted by molar-refractivity contribution is -0.147. The number of aliphatic carboxylic acids is 1. The predicted octanol–water partition coefficient (Wildman–Crippen LogP) is 5.43. The summed E-state index contributed by atoms with van der Waals surface area (Å²) < 4.78 is 89.9. The third-order valence-electron chi connectivity index (χ3n) is 10.7. The fourth-order valence-corrected chi connectivity index (χ4v) is 9.07. The van der Waals surface area contributed by atoms with Gasteiger partial charge in [-0.3, -0.25) is 14.1 Å². The lowest BCUT2D eigenvalue weighted by Crippen LogP contribution is -2.42. The van der Waals surface area contributed by atoms with E-state index in [9.17, 15) is 31.5 Å². The largest absolute Gasteiger partial charge is 0.481 e. The van der Waals surface area contributed by atoms with Crippen LogP contribution in [-0.2, 0) is 37.0 Å². The third-order valence-corrected chi connectivity index (χ3v) is 12.5. The highest BCUT2D eigenvalue weighted by Crippen LogP contribution is 2.44. The number of hydrogen-bond acceptors (Lipinski definition) is 11. The molecule has 310 valence electrons. The highest BCUT2D eigenvalue weighted by atomic mass is 32.2. The predicted molar refractivity (Wildman–Crippen MR) is 205 cm³/mol. The van der Waals surface area contributed by atoms with Crippen molar-refractivity contribution >= 4 is 27.5 Å². The summed E-state index contributed by atoms with van der Waals surface area (Å²) >= 11 is 0. The number of nitrogens with zero attached hydrogens (tertiary/aromatic N) is 6. The number of hydrogen-bond donors (Lipinski definition) is 2. The average Bonchev–Trinajstić information content (AvgIpc) is 3.59. The highest BCUT2D eigenvalue weighted by molar-refractivity contribution is 7.89. The molecule has 1 aromatic carbocycles. The maximum Gasteiger partial charge on any atom is 0.452 e. The molecular weight excluding hydrogens is 768 g/mol. The van der Waals surface area contributed by atoms with Gasteiger partial charge in [-0.15, -0.1) is 10.2 Å². The number of aryl methyl sites for hydroxylation is 3. The van der Waals surface area contributed by atoms with Crippen LogP contribution in [0.4, 0.5) is 19.0 Å². The number of sulfonamides is 1. The second kappa shape index (κ2) is 16.9. The first-order chi connectivity index (χ1) is 26.9. The van der Waals surface area contributed by atoms with E-state index in [0.29, 0.717) is 59.9 Å². The van der Waals surface area contributed by atoms with Crippen LogP contribution in [0.2, 0.25) is 0 Å². The van der Waals surface area contributed by atoms with E-state index in [0.717, 1.165) is 29.6 Å². The molecule has 57 heavy (non-hydrogen) atoms. The lowest BCUT2D eigenvalue weighted by Gasteiger charge is -2.33. The minimum absolute atomic E-state index is 0.00358. The van der Waals surface area contributed by atoms with E-state index in [1.54, 1.807) is 52.0 Å². The number of aromatic nitrogens is 4. The molecule has 1 saturated heterocycles. The van der Waals surface area contributed by atoms with Gasteiger partial charge in [0.15, 0.2) is 5.65 Å². The second-order valence-electron chi connectivity index (χ2n) is 15.3. The van der Waals surface area contributed by atoms with Gasteiger partial charge in [-0.2, -0.15) is 22.5 Å². The fourth-order valence-electron chi connectivity index (χ4n) is 7.46. The minimum Gasteiger partial charge on any atom is -0.481 e. The lowest BCUT2D eigenvalue weighted by atomic mass is 9.70. The van der Waals surface area contributed by atoms with E-state index in [1.807, 2.05) is 13.8 Å². The molecule has 0 saturated carbocycles. The first-order valence-electron chi connectivity index (χ1n) is 18.9. The summed E-state index contributed by atoms with van der Waals surface area (Å²) in [6.45, 7) is 14.8. The van der Waals surface area contributed by atoms with Gasteiger partial charge < -0.3 is 24.6 Å². The van der Waals surface area contributed by atoms with Crippen LogP contribution in [0.5, 0.6) is 5.88 Å². The number of morpholine rings is 1. The van der Waals surface area contributed by atoms with Crippen LogP contribution in [-0.4, -0.2) is 114 Å². The average molecular weight is 818 g/mol. The van der Waals surface area contributed by atoms with Crippen LogP contribution >= 0.6 is 0 Å². The van der Waals surface area contributed by atoms with Gasteiger partial charge in [0.1, 0.15) is 17.3 Å². The van der Waals surface area contributed by atoms with Crippen molar-refractivity contribution < 1.29 is 45.7 Å². The number of carboxylic acid groups (broad SMARTS) is 1. The maximum atomic E-state index is 14.7. The Hall–Kier alpha value is -4.36. The number of nitrogens with one attached hydrogen (secondary N) is 1. The summed E-state index contributed by atoms with van der Waals surface area (Å²) in [7, 11) is -4.24. The SMILES string of the molecule is Cc1ccc([C@H](c2ccn3c(C(F)(F)F)nnc3c2C)C(C)(C)C(=O)O)cc1CN1CCCOCCOc2nc(N[C@H](C)CN3CCOCC3)c(C)cc2S1(=O)=O. The molecule has 6 rings (SSSR count). The van der Waals surface area contributed by atoms with Crippen molar-refractivity contribution in [1.82, 2.24) is 28.8 Å². The number of pyridine rings is 2. The molecule has 5 heterocycles. The number of rotatable bonds is 10. The first-order valence-corrected chi connectivity index (χ1v) is 20.4. The Morgan fingerprint density at radius 3 is 2.39 bits per heavy atom. The summed E-state index contributed by atoms with van der Waals surface area (Å²) in [5.74, 6) is -2.74. The van der Waals surface area contributed by atoms with Crippen LogP contribution in [0, 0.1) is 26.2 Å². The molecule has 2 atom stereocenters. The number of carbonyl (C=O) groups is 1. The number of halogens is 3. The zero-order valence-electron chi connectivity index (χ0n) is 33.0. The third kappa shape index (κ3) is 9.04. The van der Waals surface area contributed by atoms with Gasteiger partial charge in [0.05, 0.1) is 25.2 Å². The molecule has 1 fully saturated rings. The van der Waals surface area contributed by atoms with Crippen molar-refractivity contribution in [3.63, 3.8) is 0 Å². The van der Waals surface area contributed by atoms with E-state index >= 15 is 0 Å².